The summed E-state index contributed by atoms with van der Waals surface area (Å²) in [6, 6.07) is 13.9. The zero-order valence-electron chi connectivity index (χ0n) is 11.6. The summed E-state index contributed by atoms with van der Waals surface area (Å²) in [4.78, 5) is 13.5. The summed E-state index contributed by atoms with van der Waals surface area (Å²) < 4.78 is 14.5. The van der Waals surface area contributed by atoms with E-state index in [1.165, 1.54) is 6.07 Å². The van der Waals surface area contributed by atoms with E-state index in [4.69, 9.17) is 0 Å². The van der Waals surface area contributed by atoms with E-state index in [0.717, 1.165) is 10.0 Å². The van der Waals surface area contributed by atoms with E-state index < -0.39 is 0 Å². The maximum Gasteiger partial charge on any atom is 0.317 e. The first-order chi connectivity index (χ1) is 10.1. The van der Waals surface area contributed by atoms with Crippen molar-refractivity contribution in [2.75, 3.05) is 7.05 Å². The van der Waals surface area contributed by atoms with Crippen LogP contribution in [0.15, 0.2) is 53.0 Å². The van der Waals surface area contributed by atoms with Gasteiger partial charge in [0.25, 0.3) is 0 Å². The number of amides is 2. The molecule has 0 radical (unpaired) electrons. The third kappa shape index (κ3) is 4.56. The van der Waals surface area contributed by atoms with Crippen LogP contribution in [0.2, 0.25) is 0 Å². The van der Waals surface area contributed by atoms with Gasteiger partial charge in [0.1, 0.15) is 5.82 Å². The lowest BCUT2D eigenvalue weighted by Gasteiger charge is -2.18. The average Bonchev–Trinajstić information content (AvgIpc) is 2.48. The second-order valence-electron chi connectivity index (χ2n) is 4.73. The maximum atomic E-state index is 13.5. The first-order valence-electron chi connectivity index (χ1n) is 6.53. The third-order valence-corrected chi connectivity index (χ3v) is 3.60. The van der Waals surface area contributed by atoms with E-state index in [1.54, 1.807) is 30.1 Å². The molecule has 0 aromatic heterocycles. The number of nitrogens with one attached hydrogen (secondary N) is 1. The molecule has 0 aliphatic carbocycles. The van der Waals surface area contributed by atoms with Crippen LogP contribution in [0.25, 0.3) is 0 Å². The van der Waals surface area contributed by atoms with E-state index in [-0.39, 0.29) is 18.4 Å². The molecule has 0 fully saturated rings. The van der Waals surface area contributed by atoms with E-state index in [1.807, 2.05) is 24.3 Å². The van der Waals surface area contributed by atoms with E-state index >= 15 is 0 Å². The average molecular weight is 351 g/mol. The van der Waals surface area contributed by atoms with Gasteiger partial charge in [-0.3, -0.25) is 0 Å². The van der Waals surface area contributed by atoms with Gasteiger partial charge in [-0.05, 0) is 23.8 Å². The zero-order valence-corrected chi connectivity index (χ0v) is 13.2. The first kappa shape index (κ1) is 15.5. The van der Waals surface area contributed by atoms with Gasteiger partial charge in [-0.15, -0.1) is 0 Å². The Morgan fingerprint density at radius 2 is 1.86 bits per heavy atom. The number of nitrogens with zero attached hydrogens (tertiary/aromatic N) is 1. The van der Waals surface area contributed by atoms with Gasteiger partial charge in [0.05, 0.1) is 0 Å². The molecule has 3 nitrogen and oxygen atoms in total. The highest BCUT2D eigenvalue weighted by molar-refractivity contribution is 9.10. The summed E-state index contributed by atoms with van der Waals surface area (Å²) in [6.07, 6.45) is 0. The summed E-state index contributed by atoms with van der Waals surface area (Å²) in [5.74, 6) is -0.312. The molecule has 0 unspecified atom stereocenters. The Morgan fingerprint density at radius 1 is 1.19 bits per heavy atom. The molecular formula is C16H16BrFN2O. The van der Waals surface area contributed by atoms with Gasteiger partial charge in [0, 0.05) is 30.2 Å². The molecule has 0 aliphatic rings. The van der Waals surface area contributed by atoms with Crippen molar-refractivity contribution in [2.45, 2.75) is 13.1 Å². The molecule has 0 heterocycles. The lowest BCUT2D eigenvalue weighted by atomic mass is 10.2. The highest BCUT2D eigenvalue weighted by Crippen LogP contribution is 2.12. The molecule has 1 N–H and O–H groups in total. The highest BCUT2D eigenvalue weighted by atomic mass is 79.9. The summed E-state index contributed by atoms with van der Waals surface area (Å²) in [5.41, 5.74) is 1.50. The molecule has 0 saturated heterocycles. The Balaban J connectivity index is 1.88. The molecule has 2 aromatic carbocycles. The van der Waals surface area contributed by atoms with Gasteiger partial charge in [0.15, 0.2) is 0 Å². The summed E-state index contributed by atoms with van der Waals surface area (Å²) in [6.45, 7) is 0.673. The summed E-state index contributed by atoms with van der Waals surface area (Å²) in [5, 5.41) is 2.71. The van der Waals surface area contributed by atoms with Gasteiger partial charge >= 0.3 is 6.03 Å². The standard InChI is InChI=1S/C16H16BrFN2O/c1-20(11-12-6-8-14(17)9-7-12)16(21)19-10-13-4-2-3-5-15(13)18/h2-9H,10-11H2,1H3,(H,19,21). The Hall–Kier alpha value is -1.88. The number of urea groups is 1. The Bertz CT molecular complexity index is 616. The molecule has 5 heteroatoms. The van der Waals surface area contributed by atoms with E-state index in [9.17, 15) is 9.18 Å². The molecule has 21 heavy (non-hydrogen) atoms. The van der Waals surface area contributed by atoms with Crippen LogP contribution in [0.4, 0.5) is 9.18 Å². The minimum atomic E-state index is -0.312. The lowest BCUT2D eigenvalue weighted by Crippen LogP contribution is -2.36. The van der Waals surface area contributed by atoms with Crippen LogP contribution >= 0.6 is 15.9 Å². The fourth-order valence-corrected chi connectivity index (χ4v) is 2.15. The van der Waals surface area contributed by atoms with E-state index in [0.29, 0.717) is 12.1 Å². The van der Waals surface area contributed by atoms with Crippen LogP contribution < -0.4 is 5.32 Å². The molecule has 110 valence electrons. The van der Waals surface area contributed by atoms with Crippen molar-refractivity contribution in [2.24, 2.45) is 0 Å². The number of benzene rings is 2. The largest absolute Gasteiger partial charge is 0.334 e. The van der Waals surface area contributed by atoms with Crippen molar-refractivity contribution in [3.05, 3.63) is 69.9 Å². The van der Waals surface area contributed by atoms with Gasteiger partial charge in [-0.25, -0.2) is 9.18 Å². The minimum absolute atomic E-state index is 0.177. The van der Waals surface area contributed by atoms with Crippen molar-refractivity contribution < 1.29 is 9.18 Å². The van der Waals surface area contributed by atoms with Crippen LogP contribution in [0.5, 0.6) is 0 Å². The first-order valence-corrected chi connectivity index (χ1v) is 7.32. The molecule has 2 rings (SSSR count). The second kappa shape index (κ2) is 7.22. The molecule has 2 amide bonds. The van der Waals surface area contributed by atoms with Gasteiger partial charge < -0.3 is 10.2 Å². The van der Waals surface area contributed by atoms with Crippen molar-refractivity contribution in [3.8, 4) is 0 Å². The van der Waals surface area contributed by atoms with Crippen molar-refractivity contribution in [3.63, 3.8) is 0 Å². The lowest BCUT2D eigenvalue weighted by molar-refractivity contribution is 0.206. The minimum Gasteiger partial charge on any atom is -0.334 e. The predicted octanol–water partition coefficient (Wildman–Crippen LogP) is 3.93. The maximum absolute atomic E-state index is 13.5. The molecule has 0 saturated carbocycles. The Kier molecular flexibility index (Phi) is 5.33. The van der Waals surface area contributed by atoms with Crippen LogP contribution in [-0.2, 0) is 13.1 Å². The van der Waals surface area contributed by atoms with Crippen molar-refractivity contribution >= 4 is 22.0 Å². The second-order valence-corrected chi connectivity index (χ2v) is 5.65. The molecular weight excluding hydrogens is 335 g/mol. The van der Waals surface area contributed by atoms with Gasteiger partial charge in [-0.2, -0.15) is 0 Å². The Labute approximate surface area is 131 Å². The topological polar surface area (TPSA) is 32.3 Å². The predicted molar refractivity (Wildman–Crippen MR) is 84.2 cm³/mol. The number of hydrogen-bond acceptors (Lipinski definition) is 1. The highest BCUT2D eigenvalue weighted by Gasteiger charge is 2.09. The van der Waals surface area contributed by atoms with Gasteiger partial charge in [-0.1, -0.05) is 46.3 Å². The summed E-state index contributed by atoms with van der Waals surface area (Å²) in [7, 11) is 1.71. The quantitative estimate of drug-likeness (QED) is 0.890. The number of carbonyl (C=O) groups is 1. The number of hydrogen-bond donors (Lipinski definition) is 1. The number of carbonyl (C=O) groups excluding carboxylic acids is 1. The molecule has 0 bridgehead atoms. The fourth-order valence-electron chi connectivity index (χ4n) is 1.88. The van der Waals surface area contributed by atoms with Crippen LogP contribution in [0, 0.1) is 5.82 Å². The normalized spacial score (nSPS) is 10.2. The van der Waals surface area contributed by atoms with Crippen LogP contribution in [-0.4, -0.2) is 18.0 Å². The third-order valence-electron chi connectivity index (χ3n) is 3.07. The van der Waals surface area contributed by atoms with Crippen LogP contribution in [0.3, 0.4) is 0 Å². The molecule has 0 atom stereocenters. The SMILES string of the molecule is CN(Cc1ccc(Br)cc1)C(=O)NCc1ccccc1F. The number of halogens is 2. The molecule has 0 aliphatic heterocycles. The monoisotopic (exact) mass is 350 g/mol. The van der Waals surface area contributed by atoms with Gasteiger partial charge in [0.2, 0.25) is 0 Å². The van der Waals surface area contributed by atoms with Crippen molar-refractivity contribution in [1.29, 1.82) is 0 Å². The zero-order chi connectivity index (χ0) is 15.2. The molecule has 2 aromatic rings. The van der Waals surface area contributed by atoms with Crippen LogP contribution in [0.1, 0.15) is 11.1 Å². The Morgan fingerprint density at radius 3 is 2.52 bits per heavy atom. The van der Waals surface area contributed by atoms with Crippen molar-refractivity contribution in [1.82, 2.24) is 10.2 Å². The fraction of sp³-hybridized carbons (Fsp3) is 0.188. The molecule has 0 spiro atoms. The smallest absolute Gasteiger partial charge is 0.317 e. The van der Waals surface area contributed by atoms with E-state index in [2.05, 4.69) is 21.2 Å². The summed E-state index contributed by atoms with van der Waals surface area (Å²) >= 11 is 3.37. The number of rotatable bonds is 4.